The Labute approximate surface area is 178 Å². The van der Waals surface area contributed by atoms with Gasteiger partial charge in [-0.15, -0.1) is 0 Å². The van der Waals surface area contributed by atoms with Gasteiger partial charge in [0.25, 0.3) is 0 Å². The maximum Gasteiger partial charge on any atom is 0.336 e. The Morgan fingerprint density at radius 1 is 1.30 bits per heavy atom. The van der Waals surface area contributed by atoms with Gasteiger partial charge in [0.1, 0.15) is 0 Å². The van der Waals surface area contributed by atoms with E-state index in [0.29, 0.717) is 41.2 Å². The number of Topliss-reactive ketones (excluding diaryl/α,β-unsaturated/α-hetero) is 1. The molecule has 0 amide bonds. The van der Waals surface area contributed by atoms with E-state index in [1.807, 2.05) is 13.8 Å². The lowest BCUT2D eigenvalue weighted by Crippen LogP contribution is -2.38. The molecule has 0 radical (unpaired) electrons. The van der Waals surface area contributed by atoms with Crippen molar-refractivity contribution in [1.29, 1.82) is 0 Å². The van der Waals surface area contributed by atoms with Crippen LogP contribution < -0.4 is 10.1 Å². The van der Waals surface area contributed by atoms with Crippen LogP contribution in [0.25, 0.3) is 0 Å². The first-order chi connectivity index (χ1) is 14.2. The van der Waals surface area contributed by atoms with Crippen molar-refractivity contribution in [3.8, 4) is 11.5 Å². The van der Waals surface area contributed by atoms with E-state index in [2.05, 4.69) is 19.2 Å². The second-order valence-electron chi connectivity index (χ2n) is 8.85. The molecule has 0 spiro atoms. The van der Waals surface area contributed by atoms with Gasteiger partial charge in [0.05, 0.1) is 19.3 Å². The van der Waals surface area contributed by atoms with Crippen LogP contribution in [0.4, 0.5) is 0 Å². The van der Waals surface area contributed by atoms with E-state index >= 15 is 0 Å². The van der Waals surface area contributed by atoms with Gasteiger partial charge < -0.3 is 19.9 Å². The molecule has 0 saturated heterocycles. The van der Waals surface area contributed by atoms with E-state index in [-0.39, 0.29) is 16.9 Å². The third-order valence-corrected chi connectivity index (χ3v) is 5.73. The first kappa shape index (κ1) is 21.9. The number of ketones is 1. The average Bonchev–Trinajstić information content (AvgIpc) is 2.66. The van der Waals surface area contributed by atoms with Crippen molar-refractivity contribution in [2.24, 2.45) is 5.41 Å². The summed E-state index contributed by atoms with van der Waals surface area (Å²) in [6.07, 6.45) is 2.83. The van der Waals surface area contributed by atoms with Crippen LogP contribution in [-0.2, 0) is 14.3 Å². The molecule has 30 heavy (non-hydrogen) atoms. The predicted octanol–water partition coefficient (Wildman–Crippen LogP) is 4.35. The topological polar surface area (TPSA) is 84.9 Å². The Kier molecular flexibility index (Phi) is 6.25. The Balaban J connectivity index is 2.12. The van der Waals surface area contributed by atoms with Crippen LogP contribution in [0.1, 0.15) is 64.9 Å². The van der Waals surface area contributed by atoms with Gasteiger partial charge in [-0.3, -0.25) is 4.79 Å². The molecule has 0 bridgehead atoms. The third kappa shape index (κ3) is 4.23. The van der Waals surface area contributed by atoms with Crippen LogP contribution >= 0.6 is 0 Å². The Bertz CT molecular complexity index is 926. The summed E-state index contributed by atoms with van der Waals surface area (Å²) in [4.78, 5) is 26.3. The zero-order valence-electron chi connectivity index (χ0n) is 18.4. The molecule has 0 saturated carbocycles. The van der Waals surface area contributed by atoms with E-state index in [0.717, 1.165) is 25.0 Å². The molecule has 1 aromatic carbocycles. The Hall–Kier alpha value is -2.76. The zero-order valence-corrected chi connectivity index (χ0v) is 18.4. The quantitative estimate of drug-likeness (QED) is 0.533. The summed E-state index contributed by atoms with van der Waals surface area (Å²) in [5.41, 5.74) is 3.16. The number of methoxy groups -OCH3 is 1. The summed E-state index contributed by atoms with van der Waals surface area (Å²) < 4.78 is 10.8. The van der Waals surface area contributed by atoms with Crippen molar-refractivity contribution < 1.29 is 24.2 Å². The molecular formula is C24H31NO5. The number of ether oxygens (including phenoxy) is 2. The highest BCUT2D eigenvalue weighted by Crippen LogP contribution is 2.47. The van der Waals surface area contributed by atoms with Gasteiger partial charge in [0.15, 0.2) is 17.3 Å². The van der Waals surface area contributed by atoms with Gasteiger partial charge in [-0.05, 0) is 42.9 Å². The number of carbonyl (C=O) groups is 2. The van der Waals surface area contributed by atoms with E-state index in [4.69, 9.17) is 9.47 Å². The molecule has 1 unspecified atom stereocenters. The molecule has 1 aliphatic heterocycles. The van der Waals surface area contributed by atoms with Crippen molar-refractivity contribution in [3.05, 3.63) is 46.3 Å². The van der Waals surface area contributed by atoms with Crippen LogP contribution in [0, 0.1) is 5.41 Å². The van der Waals surface area contributed by atoms with Gasteiger partial charge in [-0.25, -0.2) is 4.79 Å². The summed E-state index contributed by atoms with van der Waals surface area (Å²) >= 11 is 0. The Morgan fingerprint density at radius 2 is 2.03 bits per heavy atom. The fraction of sp³-hybridized carbons (Fsp3) is 0.500. The summed E-state index contributed by atoms with van der Waals surface area (Å²) in [5.74, 6) is -0.651. The Morgan fingerprint density at radius 3 is 2.70 bits per heavy atom. The van der Waals surface area contributed by atoms with Gasteiger partial charge >= 0.3 is 5.97 Å². The number of carbonyl (C=O) groups excluding carboxylic acids is 2. The molecule has 0 fully saturated rings. The van der Waals surface area contributed by atoms with Crippen LogP contribution in [0.3, 0.4) is 0 Å². The molecule has 1 atom stereocenters. The molecule has 2 N–H and O–H groups in total. The van der Waals surface area contributed by atoms with Gasteiger partial charge in [-0.1, -0.05) is 33.3 Å². The molecule has 6 nitrogen and oxygen atoms in total. The van der Waals surface area contributed by atoms with Crippen molar-refractivity contribution in [3.63, 3.8) is 0 Å². The lowest BCUT2D eigenvalue weighted by Gasteiger charge is -2.39. The van der Waals surface area contributed by atoms with Gasteiger partial charge in [-0.2, -0.15) is 0 Å². The minimum Gasteiger partial charge on any atom is -0.504 e. The fourth-order valence-electron chi connectivity index (χ4n) is 4.30. The van der Waals surface area contributed by atoms with Gasteiger partial charge in [0, 0.05) is 29.3 Å². The van der Waals surface area contributed by atoms with Crippen LogP contribution in [0.15, 0.2) is 40.7 Å². The maximum absolute atomic E-state index is 13.2. The number of allylic oxidation sites excluding steroid dienone is 3. The number of hydrogen-bond acceptors (Lipinski definition) is 6. The molecule has 6 heteroatoms. The largest absolute Gasteiger partial charge is 0.504 e. The SMILES string of the molecule is CCCCOC(=O)C1=C(C)NC2=C(C(=O)CC(C)(C)C2)C1c1ccc(O)c(OC)c1. The van der Waals surface area contributed by atoms with Crippen molar-refractivity contribution in [2.75, 3.05) is 13.7 Å². The average molecular weight is 414 g/mol. The summed E-state index contributed by atoms with van der Waals surface area (Å²) in [5, 5.41) is 13.4. The summed E-state index contributed by atoms with van der Waals surface area (Å²) in [7, 11) is 1.47. The van der Waals surface area contributed by atoms with E-state index in [1.54, 1.807) is 12.1 Å². The minimum atomic E-state index is -0.562. The normalized spacial score (nSPS) is 20.6. The molecule has 1 heterocycles. The van der Waals surface area contributed by atoms with Crippen LogP contribution in [-0.4, -0.2) is 30.6 Å². The number of phenols is 1. The highest BCUT2D eigenvalue weighted by atomic mass is 16.5. The number of dihydropyridines is 1. The standard InChI is InChI=1S/C24H31NO5/c1-6-7-10-30-23(28)20-14(2)25-16-12-24(3,4)13-18(27)22(16)21(20)15-8-9-17(26)19(11-15)29-5/h8-9,11,21,25-26H,6-7,10,12-13H2,1-5H3. The molecule has 0 aromatic heterocycles. The van der Waals surface area contributed by atoms with Crippen molar-refractivity contribution in [2.45, 2.75) is 59.3 Å². The zero-order chi connectivity index (χ0) is 22.1. The molecule has 162 valence electrons. The summed E-state index contributed by atoms with van der Waals surface area (Å²) in [6.45, 7) is 8.36. The van der Waals surface area contributed by atoms with Crippen molar-refractivity contribution >= 4 is 11.8 Å². The van der Waals surface area contributed by atoms with Crippen molar-refractivity contribution in [1.82, 2.24) is 5.32 Å². The number of unbranched alkanes of at least 4 members (excludes halogenated alkanes) is 1. The number of aromatic hydroxyl groups is 1. The van der Waals surface area contributed by atoms with Crippen LogP contribution in [0.2, 0.25) is 0 Å². The maximum atomic E-state index is 13.2. The third-order valence-electron chi connectivity index (χ3n) is 5.73. The molecular weight excluding hydrogens is 382 g/mol. The first-order valence-electron chi connectivity index (χ1n) is 10.5. The highest BCUT2D eigenvalue weighted by Gasteiger charge is 2.43. The number of esters is 1. The van der Waals surface area contributed by atoms with E-state index < -0.39 is 11.9 Å². The molecule has 1 aromatic rings. The number of benzene rings is 1. The predicted molar refractivity (Wildman–Crippen MR) is 114 cm³/mol. The molecule has 2 aliphatic rings. The monoisotopic (exact) mass is 413 g/mol. The number of nitrogens with one attached hydrogen (secondary N) is 1. The molecule has 3 rings (SSSR count). The van der Waals surface area contributed by atoms with E-state index in [1.165, 1.54) is 13.2 Å². The second kappa shape index (κ2) is 8.54. The smallest absolute Gasteiger partial charge is 0.336 e. The second-order valence-corrected chi connectivity index (χ2v) is 8.85. The summed E-state index contributed by atoms with van der Waals surface area (Å²) in [6, 6.07) is 4.96. The number of phenolic OH excluding ortho intramolecular Hbond substituents is 1. The molecule has 1 aliphatic carbocycles. The minimum absolute atomic E-state index is 0.00765. The fourth-order valence-corrected chi connectivity index (χ4v) is 4.30. The lowest BCUT2D eigenvalue weighted by atomic mass is 9.68. The number of hydrogen-bond donors (Lipinski definition) is 2. The van der Waals surface area contributed by atoms with Gasteiger partial charge in [0.2, 0.25) is 0 Å². The highest BCUT2D eigenvalue weighted by molar-refractivity contribution is 6.04. The van der Waals surface area contributed by atoms with E-state index in [9.17, 15) is 14.7 Å². The van der Waals surface area contributed by atoms with Crippen LogP contribution in [0.5, 0.6) is 11.5 Å². The lowest BCUT2D eigenvalue weighted by molar-refractivity contribution is -0.139. The first-order valence-corrected chi connectivity index (χ1v) is 10.5. The number of rotatable bonds is 6.